The van der Waals surface area contributed by atoms with Crippen LogP contribution in [0.1, 0.15) is 213 Å². The van der Waals surface area contributed by atoms with E-state index in [9.17, 15) is 15.0 Å². The molecule has 1 amide bonds. The second-order valence-electron chi connectivity index (χ2n) is 16.3. The van der Waals surface area contributed by atoms with E-state index in [0.29, 0.717) is 6.42 Å². The lowest BCUT2D eigenvalue weighted by molar-refractivity contribution is -0.890. The number of aliphatic hydroxyl groups is 2. The fraction of sp³-hybridized carbons (Fsp3) is 0.977. The fourth-order valence-corrected chi connectivity index (χ4v) is 7.65. The number of amides is 1. The first-order valence-corrected chi connectivity index (χ1v) is 23.0. The Kier molecular flexibility index (Phi) is 36.7. The third-order valence-electron chi connectivity index (χ3n) is 10.6. The van der Waals surface area contributed by atoms with Gasteiger partial charge in [0.05, 0.1) is 40.4 Å². The van der Waals surface area contributed by atoms with Crippen LogP contribution in [0.2, 0.25) is 0 Å². The first-order chi connectivity index (χ1) is 24.3. The summed E-state index contributed by atoms with van der Waals surface area (Å²) < 4.78 is 6.89. The van der Waals surface area contributed by atoms with Crippen LogP contribution < -0.4 is 5.32 Å². The van der Waals surface area contributed by atoms with Crippen molar-refractivity contribution in [3.8, 4) is 0 Å². The summed E-state index contributed by atoms with van der Waals surface area (Å²) in [5.74, 6) is 0.810. The summed E-state index contributed by atoms with van der Waals surface area (Å²) in [5, 5.41) is 22.9. The average Bonchev–Trinajstić information content (AvgIpc) is 3.11. The minimum Gasteiger partial charge on any atom is -0.394 e. The molecule has 0 spiro atoms. The van der Waals surface area contributed by atoms with E-state index in [0.717, 1.165) is 48.1 Å². The van der Waals surface area contributed by atoms with Crippen molar-refractivity contribution in [2.75, 3.05) is 52.8 Å². The summed E-state index contributed by atoms with van der Waals surface area (Å²) >= 11 is 0.847. The van der Waals surface area contributed by atoms with Crippen molar-refractivity contribution in [3.05, 3.63) is 0 Å². The second kappa shape index (κ2) is 37.0. The molecule has 0 aliphatic carbocycles. The number of carbonyl (C=O) groups is 1. The van der Waals surface area contributed by atoms with Gasteiger partial charge in [-0.3, -0.25) is 4.79 Å². The molecule has 0 heterocycles. The molecule has 0 aliphatic rings. The number of aliphatic hydroxyl groups excluding tert-OH is 2. The van der Waals surface area contributed by atoms with Crippen LogP contribution in [0, 0.1) is 0 Å². The van der Waals surface area contributed by atoms with Crippen LogP contribution in [0.15, 0.2) is 0 Å². The second-order valence-corrected chi connectivity index (χ2v) is 17.3. The van der Waals surface area contributed by atoms with Gasteiger partial charge in [-0.2, -0.15) is 4.18 Å². The molecule has 0 aromatic rings. The first kappa shape index (κ1) is 49.7. The smallest absolute Gasteiger partial charge is 0.220 e. The zero-order chi connectivity index (χ0) is 36.9. The molecule has 0 aromatic heterocycles. The summed E-state index contributed by atoms with van der Waals surface area (Å²) in [5.41, 5.74) is -1.11. The molecule has 0 aromatic carbocycles. The third-order valence-corrected chi connectivity index (χ3v) is 11.4. The van der Waals surface area contributed by atoms with Crippen molar-refractivity contribution in [1.29, 1.82) is 0 Å². The monoisotopic (exact) mass is 731 g/mol. The van der Waals surface area contributed by atoms with Gasteiger partial charge < -0.3 is 20.0 Å². The summed E-state index contributed by atoms with van der Waals surface area (Å²) in [7, 11) is 4.66. The van der Waals surface area contributed by atoms with Crippen LogP contribution in [0.3, 0.4) is 0 Å². The SMILES string of the molecule is CCCCCCCCCCCCCCCCCC[N+](C)(C)CCC[SH+]OCC(CO)(CO)NC(=O)CCCCCCCCCCCCCCC. The highest BCUT2D eigenvalue weighted by Crippen LogP contribution is 2.16. The molecule has 0 radical (unpaired) electrons. The zero-order valence-electron chi connectivity index (χ0n) is 34.3. The molecule has 0 unspecified atom stereocenters. The minimum absolute atomic E-state index is 0.107. The molecule has 7 heteroatoms. The molecular formula is C43H90N2O4S+2. The van der Waals surface area contributed by atoms with E-state index in [1.54, 1.807) is 0 Å². The van der Waals surface area contributed by atoms with Crippen LogP contribution in [-0.2, 0) is 21.0 Å². The number of unbranched alkanes of at least 4 members (excludes halogenated alkanes) is 27. The molecule has 0 rings (SSSR count). The molecule has 0 aliphatic heterocycles. The number of hydrogen-bond acceptors (Lipinski definition) is 4. The number of rotatable bonds is 41. The minimum atomic E-state index is -1.11. The summed E-state index contributed by atoms with van der Waals surface area (Å²) in [6.45, 7) is 6.38. The number of hydrogen-bond donors (Lipinski definition) is 3. The number of nitrogens with zero attached hydrogens (tertiary/aromatic N) is 1. The predicted molar refractivity (Wildman–Crippen MR) is 221 cm³/mol. The van der Waals surface area contributed by atoms with E-state index in [1.807, 2.05) is 0 Å². The Balaban J connectivity index is 3.77. The summed E-state index contributed by atoms with van der Waals surface area (Å²) in [6.07, 6.45) is 40.6. The first-order valence-electron chi connectivity index (χ1n) is 22.0. The van der Waals surface area contributed by atoms with Gasteiger partial charge in [0.25, 0.3) is 0 Å². The summed E-state index contributed by atoms with van der Waals surface area (Å²) in [4.78, 5) is 12.6. The van der Waals surface area contributed by atoms with E-state index < -0.39 is 5.54 Å². The summed E-state index contributed by atoms with van der Waals surface area (Å²) in [6, 6.07) is 0. The maximum Gasteiger partial charge on any atom is 0.220 e. The number of nitrogens with one attached hydrogen (secondary N) is 1. The van der Waals surface area contributed by atoms with Gasteiger partial charge in [0.2, 0.25) is 5.91 Å². The Morgan fingerprint density at radius 2 is 0.880 bits per heavy atom. The van der Waals surface area contributed by atoms with E-state index >= 15 is 0 Å². The normalized spacial score (nSPS) is 12.2. The zero-order valence-corrected chi connectivity index (χ0v) is 35.2. The molecular weight excluding hydrogens is 641 g/mol. The average molecular weight is 731 g/mol. The van der Waals surface area contributed by atoms with Crippen LogP contribution in [0.25, 0.3) is 0 Å². The van der Waals surface area contributed by atoms with E-state index in [-0.39, 0.29) is 25.7 Å². The highest BCUT2D eigenvalue weighted by Gasteiger charge is 2.33. The van der Waals surface area contributed by atoms with Gasteiger partial charge in [-0.15, -0.1) is 0 Å². The Morgan fingerprint density at radius 1 is 0.540 bits per heavy atom. The Bertz CT molecular complexity index is 704. The lowest BCUT2D eigenvalue weighted by Crippen LogP contribution is -2.57. The van der Waals surface area contributed by atoms with Crippen molar-refractivity contribution in [2.24, 2.45) is 0 Å². The van der Waals surface area contributed by atoms with E-state index in [2.05, 4.69) is 33.3 Å². The fourth-order valence-electron chi connectivity index (χ4n) is 6.91. The molecule has 0 saturated carbocycles. The van der Waals surface area contributed by atoms with E-state index in [4.69, 9.17) is 4.18 Å². The number of quaternary nitrogens is 1. The Labute approximate surface area is 317 Å². The van der Waals surface area contributed by atoms with Crippen molar-refractivity contribution in [2.45, 2.75) is 218 Å². The Hall–Kier alpha value is -0.340. The van der Waals surface area contributed by atoms with Crippen molar-refractivity contribution in [1.82, 2.24) is 5.32 Å². The lowest BCUT2D eigenvalue weighted by atomic mass is 10.0. The van der Waals surface area contributed by atoms with Gasteiger partial charge in [0.1, 0.15) is 29.9 Å². The number of thiol groups is 1. The van der Waals surface area contributed by atoms with Gasteiger partial charge in [0, 0.05) is 12.8 Å². The van der Waals surface area contributed by atoms with Gasteiger partial charge in [-0.1, -0.05) is 181 Å². The maximum absolute atomic E-state index is 12.6. The topological polar surface area (TPSA) is 78.8 Å². The van der Waals surface area contributed by atoms with Crippen LogP contribution >= 0.6 is 0 Å². The molecule has 0 saturated heterocycles. The van der Waals surface area contributed by atoms with Crippen molar-refractivity contribution >= 4 is 17.9 Å². The third kappa shape index (κ3) is 33.5. The maximum atomic E-state index is 12.6. The molecule has 6 nitrogen and oxygen atoms in total. The van der Waals surface area contributed by atoms with Crippen LogP contribution in [0.4, 0.5) is 0 Å². The van der Waals surface area contributed by atoms with Gasteiger partial charge in [0.15, 0.2) is 0 Å². The molecule has 3 N–H and O–H groups in total. The predicted octanol–water partition coefficient (Wildman–Crippen LogP) is 10.8. The van der Waals surface area contributed by atoms with Crippen LogP contribution in [-0.4, -0.2) is 78.9 Å². The quantitative estimate of drug-likeness (QED) is 0.0253. The van der Waals surface area contributed by atoms with Gasteiger partial charge >= 0.3 is 0 Å². The Morgan fingerprint density at radius 3 is 1.26 bits per heavy atom. The van der Waals surface area contributed by atoms with Crippen molar-refractivity contribution in [3.63, 3.8) is 0 Å². The largest absolute Gasteiger partial charge is 0.394 e. The molecule has 300 valence electrons. The highest BCUT2D eigenvalue weighted by atomic mass is 32.2. The van der Waals surface area contributed by atoms with E-state index in [1.165, 1.54) is 180 Å². The number of carbonyl (C=O) groups excluding carboxylic acids is 1. The lowest BCUT2D eigenvalue weighted by Gasteiger charge is -2.29. The van der Waals surface area contributed by atoms with Gasteiger partial charge in [-0.25, -0.2) is 0 Å². The van der Waals surface area contributed by atoms with Crippen molar-refractivity contribution < 1.29 is 23.7 Å². The van der Waals surface area contributed by atoms with Crippen LogP contribution in [0.5, 0.6) is 0 Å². The highest BCUT2D eigenvalue weighted by molar-refractivity contribution is 7.73. The molecule has 50 heavy (non-hydrogen) atoms. The standard InChI is InChI=1S/C43H88N2O4S/c1-5-7-9-11-13-15-17-19-20-21-23-25-27-29-31-33-36-45(3,4)37-34-38-50-49-41-43(39-46,40-47)44-42(48)35-32-30-28-26-24-22-18-16-14-12-10-8-6-2/h46-47H,5-41H2,1-4H3/p+2. The molecule has 0 atom stereocenters. The van der Waals surface area contributed by atoms with Gasteiger partial charge in [-0.05, 0) is 19.3 Å². The molecule has 0 fully saturated rings. The molecule has 0 bridgehead atoms.